The maximum Gasteiger partial charge on any atom is 0.413 e. The average molecular weight is 302 g/mol. The Morgan fingerprint density at radius 2 is 2.12 bits per heavy atom. The van der Waals surface area contributed by atoms with Gasteiger partial charge in [-0.05, 0) is 47.7 Å². The molecule has 3 nitrogen and oxygen atoms in total. The summed E-state index contributed by atoms with van der Waals surface area (Å²) >= 11 is 5.04. The maximum atomic E-state index is 11.6. The first-order valence-corrected chi connectivity index (χ1v) is 7.10. The van der Waals surface area contributed by atoms with E-state index in [4.69, 9.17) is 4.74 Å². The van der Waals surface area contributed by atoms with Gasteiger partial charge in [0.25, 0.3) is 0 Å². The second-order valence-corrected chi connectivity index (χ2v) is 6.79. The molecule has 16 heavy (non-hydrogen) atoms. The minimum absolute atomic E-state index is 0.302. The van der Waals surface area contributed by atoms with Crippen LogP contribution in [0.1, 0.15) is 37.7 Å². The molecule has 1 aliphatic heterocycles. The Morgan fingerprint density at radius 1 is 1.38 bits per heavy atom. The molecule has 1 N–H and O–H groups in total. The van der Waals surface area contributed by atoms with E-state index in [0.29, 0.717) is 0 Å². The van der Waals surface area contributed by atoms with Gasteiger partial charge in [-0.1, -0.05) is 6.42 Å². The van der Waals surface area contributed by atoms with E-state index < -0.39 is 0 Å². The molecule has 0 saturated heterocycles. The quantitative estimate of drug-likeness (QED) is 0.778. The van der Waals surface area contributed by atoms with Gasteiger partial charge in [0.05, 0.1) is 3.79 Å². The summed E-state index contributed by atoms with van der Waals surface area (Å²) in [6.45, 7) is 0. The molecule has 1 fully saturated rings. The molecule has 0 aromatic carbocycles. The monoisotopic (exact) mass is 301 g/mol. The van der Waals surface area contributed by atoms with Crippen molar-refractivity contribution in [2.45, 2.75) is 37.7 Å². The SMILES string of the molecule is O=C1Nc2sc(Br)cc2C2(CCCCC2)O1. The van der Waals surface area contributed by atoms with Crippen molar-refractivity contribution in [2.24, 2.45) is 0 Å². The second-order valence-electron chi connectivity index (χ2n) is 4.36. The highest BCUT2D eigenvalue weighted by Crippen LogP contribution is 2.49. The van der Waals surface area contributed by atoms with Gasteiger partial charge in [0.1, 0.15) is 10.6 Å². The molecular formula is C11H12BrNO2S. The van der Waals surface area contributed by atoms with Crippen molar-refractivity contribution in [3.8, 4) is 0 Å². The topological polar surface area (TPSA) is 38.3 Å². The summed E-state index contributed by atoms with van der Waals surface area (Å²) in [6, 6.07) is 2.09. The van der Waals surface area contributed by atoms with Crippen molar-refractivity contribution in [1.29, 1.82) is 0 Å². The van der Waals surface area contributed by atoms with Gasteiger partial charge in [-0.25, -0.2) is 4.79 Å². The van der Waals surface area contributed by atoms with Crippen LogP contribution in [0.4, 0.5) is 9.80 Å². The number of fused-ring (bicyclic) bond motifs is 2. The van der Waals surface area contributed by atoms with Crippen molar-refractivity contribution in [3.05, 3.63) is 15.4 Å². The van der Waals surface area contributed by atoms with Gasteiger partial charge in [0, 0.05) is 5.56 Å². The Labute approximate surface area is 106 Å². The summed E-state index contributed by atoms with van der Waals surface area (Å²) in [5.74, 6) is 0. The lowest BCUT2D eigenvalue weighted by molar-refractivity contribution is -0.0174. The van der Waals surface area contributed by atoms with Gasteiger partial charge >= 0.3 is 6.09 Å². The van der Waals surface area contributed by atoms with Crippen LogP contribution in [0.15, 0.2) is 9.85 Å². The van der Waals surface area contributed by atoms with Crippen LogP contribution in [0.5, 0.6) is 0 Å². The fraction of sp³-hybridized carbons (Fsp3) is 0.545. The summed E-state index contributed by atoms with van der Waals surface area (Å²) in [7, 11) is 0. The number of carbonyl (C=O) groups is 1. The highest BCUT2D eigenvalue weighted by Gasteiger charge is 2.43. The third-order valence-electron chi connectivity index (χ3n) is 3.36. The number of amides is 1. The van der Waals surface area contributed by atoms with E-state index >= 15 is 0 Å². The Bertz CT molecular complexity index is 437. The number of ether oxygens (including phenoxy) is 1. The van der Waals surface area contributed by atoms with E-state index in [1.165, 1.54) is 6.42 Å². The summed E-state index contributed by atoms with van der Waals surface area (Å²) in [6.07, 6.45) is 5.13. The van der Waals surface area contributed by atoms with Gasteiger partial charge in [-0.2, -0.15) is 0 Å². The number of hydrogen-bond acceptors (Lipinski definition) is 3. The largest absolute Gasteiger partial charge is 0.438 e. The molecule has 2 aliphatic rings. The van der Waals surface area contributed by atoms with E-state index in [-0.39, 0.29) is 11.7 Å². The number of halogens is 1. The summed E-state index contributed by atoms with van der Waals surface area (Å²) in [4.78, 5) is 11.6. The number of nitrogens with one attached hydrogen (secondary N) is 1. The first-order chi connectivity index (χ1) is 7.70. The van der Waals surface area contributed by atoms with Gasteiger partial charge < -0.3 is 4.74 Å². The Hall–Kier alpha value is -0.550. The zero-order chi connectivity index (χ0) is 11.2. The van der Waals surface area contributed by atoms with Crippen LogP contribution in [-0.4, -0.2) is 6.09 Å². The fourth-order valence-corrected chi connectivity index (χ4v) is 4.21. The van der Waals surface area contributed by atoms with Crippen molar-refractivity contribution in [3.63, 3.8) is 0 Å². The van der Waals surface area contributed by atoms with E-state index in [0.717, 1.165) is 40.0 Å². The van der Waals surface area contributed by atoms with Crippen LogP contribution < -0.4 is 5.32 Å². The van der Waals surface area contributed by atoms with Gasteiger partial charge in [-0.3, -0.25) is 5.32 Å². The van der Waals surface area contributed by atoms with Crippen LogP contribution in [0.3, 0.4) is 0 Å². The average Bonchev–Trinajstić information content (AvgIpc) is 2.60. The van der Waals surface area contributed by atoms with Crippen LogP contribution in [0.25, 0.3) is 0 Å². The second kappa shape index (κ2) is 3.74. The highest BCUT2D eigenvalue weighted by molar-refractivity contribution is 9.11. The molecule has 1 spiro atoms. The Morgan fingerprint density at radius 3 is 2.88 bits per heavy atom. The summed E-state index contributed by atoms with van der Waals surface area (Å²) < 4.78 is 6.64. The zero-order valence-electron chi connectivity index (χ0n) is 8.72. The van der Waals surface area contributed by atoms with Gasteiger partial charge in [0.2, 0.25) is 0 Å². The van der Waals surface area contributed by atoms with Crippen LogP contribution in [0, 0.1) is 0 Å². The number of rotatable bonds is 0. The summed E-state index contributed by atoms with van der Waals surface area (Å²) in [5.41, 5.74) is 0.807. The van der Waals surface area contributed by atoms with Gasteiger partial charge in [0.15, 0.2) is 0 Å². The molecule has 1 aromatic heterocycles. The molecule has 0 radical (unpaired) electrons. The smallest absolute Gasteiger partial charge is 0.413 e. The molecule has 1 saturated carbocycles. The molecule has 0 unspecified atom stereocenters. The molecule has 1 aromatic rings. The summed E-state index contributed by atoms with van der Waals surface area (Å²) in [5, 5.41) is 3.73. The predicted octanol–water partition coefficient (Wildman–Crippen LogP) is 4.23. The third-order valence-corrected chi connectivity index (χ3v) is 4.91. The number of hydrogen-bond donors (Lipinski definition) is 1. The molecule has 2 heterocycles. The molecule has 0 atom stereocenters. The minimum atomic E-state index is -0.349. The van der Waals surface area contributed by atoms with E-state index in [2.05, 4.69) is 27.3 Å². The van der Waals surface area contributed by atoms with E-state index in [9.17, 15) is 4.79 Å². The first-order valence-electron chi connectivity index (χ1n) is 5.49. The maximum absolute atomic E-state index is 11.6. The van der Waals surface area contributed by atoms with Crippen molar-refractivity contribution < 1.29 is 9.53 Å². The molecule has 1 aliphatic carbocycles. The third kappa shape index (κ3) is 1.57. The van der Waals surface area contributed by atoms with E-state index in [1.54, 1.807) is 11.3 Å². The lowest BCUT2D eigenvalue weighted by Crippen LogP contribution is -2.40. The van der Waals surface area contributed by atoms with Crippen LogP contribution in [0.2, 0.25) is 0 Å². The number of thiophene rings is 1. The number of carbonyl (C=O) groups excluding carboxylic acids is 1. The van der Waals surface area contributed by atoms with Gasteiger partial charge in [-0.15, -0.1) is 11.3 Å². The van der Waals surface area contributed by atoms with Crippen LogP contribution >= 0.6 is 27.3 Å². The number of anilines is 1. The normalized spacial score (nSPS) is 22.4. The van der Waals surface area contributed by atoms with Crippen molar-refractivity contribution >= 4 is 38.4 Å². The predicted molar refractivity (Wildman–Crippen MR) is 66.9 cm³/mol. The standard InChI is InChI=1S/C11H12BrNO2S/c12-8-6-7-9(16-8)13-10(14)15-11(7)4-2-1-3-5-11/h6H,1-5H2,(H,13,14). The van der Waals surface area contributed by atoms with Crippen molar-refractivity contribution in [1.82, 2.24) is 0 Å². The van der Waals surface area contributed by atoms with Crippen molar-refractivity contribution in [2.75, 3.05) is 5.32 Å². The van der Waals surface area contributed by atoms with Crippen LogP contribution in [-0.2, 0) is 10.3 Å². The first kappa shape index (κ1) is 10.6. The highest BCUT2D eigenvalue weighted by atomic mass is 79.9. The molecule has 5 heteroatoms. The Balaban J connectivity index is 2.08. The molecule has 86 valence electrons. The molecule has 0 bridgehead atoms. The lowest BCUT2D eigenvalue weighted by Gasteiger charge is -2.39. The zero-order valence-corrected chi connectivity index (χ0v) is 11.1. The molecule has 3 rings (SSSR count). The van der Waals surface area contributed by atoms with E-state index in [1.807, 2.05) is 0 Å². The lowest BCUT2D eigenvalue weighted by atomic mass is 9.80. The molecule has 1 amide bonds. The molecular weight excluding hydrogens is 290 g/mol. The Kier molecular flexibility index (Phi) is 2.47. The fourth-order valence-electron chi connectivity index (χ4n) is 2.64. The minimum Gasteiger partial charge on any atom is -0.438 e.